The van der Waals surface area contributed by atoms with Crippen molar-refractivity contribution in [2.24, 2.45) is 0 Å². The maximum atomic E-state index is 10.7. The molecule has 0 fully saturated rings. The molecule has 0 aliphatic carbocycles. The predicted octanol–water partition coefficient (Wildman–Crippen LogP) is 2.35. The van der Waals surface area contributed by atoms with E-state index in [9.17, 15) is 4.79 Å². The lowest BCUT2D eigenvalue weighted by Gasteiger charge is -2.12. The lowest BCUT2D eigenvalue weighted by molar-refractivity contribution is -0.153. The molecule has 0 bridgehead atoms. The van der Waals surface area contributed by atoms with Crippen molar-refractivity contribution in [3.8, 4) is 15.6 Å². The standard InChI is InChI=1S/C11H9IO3/c1-9(13)14-11(7-8-12)15-10-5-3-2-4-6-10/h2-6,11H,1H3. The van der Waals surface area contributed by atoms with Gasteiger partial charge in [0.05, 0.1) is 0 Å². The van der Waals surface area contributed by atoms with Crippen LogP contribution in [0.25, 0.3) is 0 Å². The molecule has 0 aliphatic heterocycles. The van der Waals surface area contributed by atoms with Gasteiger partial charge in [-0.2, -0.15) is 0 Å². The number of hydrogen-bond donors (Lipinski definition) is 0. The number of para-hydroxylation sites is 1. The number of halogens is 1. The average molecular weight is 316 g/mol. The zero-order valence-electron chi connectivity index (χ0n) is 8.07. The maximum Gasteiger partial charge on any atom is 0.309 e. The Bertz CT molecular complexity index is 378. The molecule has 1 aromatic carbocycles. The second kappa shape index (κ2) is 6.30. The molecule has 0 amide bonds. The molecule has 0 N–H and O–H groups in total. The van der Waals surface area contributed by atoms with E-state index in [-0.39, 0.29) is 0 Å². The molecular weight excluding hydrogens is 307 g/mol. The summed E-state index contributed by atoms with van der Waals surface area (Å²) in [5.74, 6) is 2.83. The quantitative estimate of drug-likeness (QED) is 0.372. The minimum atomic E-state index is -0.846. The third-order valence-corrected chi connectivity index (χ3v) is 1.74. The summed E-state index contributed by atoms with van der Waals surface area (Å²) in [5.41, 5.74) is 0. The van der Waals surface area contributed by atoms with Gasteiger partial charge in [-0.15, -0.1) is 0 Å². The monoisotopic (exact) mass is 316 g/mol. The fourth-order valence-electron chi connectivity index (χ4n) is 0.901. The van der Waals surface area contributed by atoms with Crippen LogP contribution in [0.5, 0.6) is 5.75 Å². The largest absolute Gasteiger partial charge is 0.444 e. The van der Waals surface area contributed by atoms with E-state index < -0.39 is 12.3 Å². The number of esters is 1. The van der Waals surface area contributed by atoms with E-state index in [1.807, 2.05) is 40.8 Å². The molecule has 1 rings (SSSR count). The van der Waals surface area contributed by atoms with Crippen molar-refractivity contribution in [2.45, 2.75) is 13.2 Å². The predicted molar refractivity (Wildman–Crippen MR) is 64.4 cm³/mol. The van der Waals surface area contributed by atoms with Gasteiger partial charge in [0.25, 0.3) is 0 Å². The first-order valence-electron chi connectivity index (χ1n) is 4.22. The molecule has 4 heteroatoms. The Morgan fingerprint density at radius 1 is 1.40 bits per heavy atom. The molecule has 1 unspecified atom stereocenters. The minimum Gasteiger partial charge on any atom is -0.444 e. The highest BCUT2D eigenvalue weighted by atomic mass is 127. The molecule has 0 spiro atoms. The Labute approximate surface area is 102 Å². The SMILES string of the molecule is CC(=O)OC(C#CI)Oc1ccccc1. The molecule has 3 nitrogen and oxygen atoms in total. The highest BCUT2D eigenvalue weighted by Gasteiger charge is 2.09. The molecule has 1 aromatic rings. The zero-order valence-corrected chi connectivity index (χ0v) is 10.2. The number of ether oxygens (including phenoxy) is 2. The van der Waals surface area contributed by atoms with E-state index in [0.29, 0.717) is 5.75 Å². The number of hydrogen-bond acceptors (Lipinski definition) is 3. The van der Waals surface area contributed by atoms with Gasteiger partial charge in [-0.25, -0.2) is 0 Å². The van der Waals surface area contributed by atoms with Crippen molar-refractivity contribution in [2.75, 3.05) is 0 Å². The highest BCUT2D eigenvalue weighted by molar-refractivity contribution is 14.1. The summed E-state index contributed by atoms with van der Waals surface area (Å²) in [6.45, 7) is 1.32. The highest BCUT2D eigenvalue weighted by Crippen LogP contribution is 2.11. The summed E-state index contributed by atoms with van der Waals surface area (Å²) in [7, 11) is 0. The Balaban J connectivity index is 2.65. The Kier molecular flexibility index (Phi) is 4.98. The first-order valence-corrected chi connectivity index (χ1v) is 5.30. The molecule has 0 saturated heterocycles. The molecule has 15 heavy (non-hydrogen) atoms. The Morgan fingerprint density at radius 3 is 2.60 bits per heavy atom. The van der Waals surface area contributed by atoms with Crippen LogP contribution in [0.1, 0.15) is 6.92 Å². The molecule has 0 heterocycles. The van der Waals surface area contributed by atoms with Crippen molar-refractivity contribution < 1.29 is 14.3 Å². The lowest BCUT2D eigenvalue weighted by atomic mass is 10.3. The summed E-state index contributed by atoms with van der Waals surface area (Å²) in [5, 5.41) is 0. The van der Waals surface area contributed by atoms with Gasteiger partial charge in [-0.05, 0) is 22.0 Å². The van der Waals surface area contributed by atoms with Gasteiger partial charge in [0.15, 0.2) is 0 Å². The van der Waals surface area contributed by atoms with E-state index in [0.717, 1.165) is 0 Å². The van der Waals surface area contributed by atoms with Crippen LogP contribution in [0.4, 0.5) is 0 Å². The summed E-state index contributed by atoms with van der Waals surface area (Å²) >= 11 is 1.86. The Hall–Kier alpha value is -1.22. The number of carbonyl (C=O) groups excluding carboxylic acids is 1. The van der Waals surface area contributed by atoms with Crippen LogP contribution >= 0.6 is 22.6 Å². The van der Waals surface area contributed by atoms with Gasteiger partial charge in [0, 0.05) is 29.5 Å². The van der Waals surface area contributed by atoms with Crippen molar-refractivity contribution in [3.05, 3.63) is 30.3 Å². The smallest absolute Gasteiger partial charge is 0.309 e. The number of benzene rings is 1. The molecular formula is C11H9IO3. The van der Waals surface area contributed by atoms with Gasteiger partial charge in [-0.1, -0.05) is 18.2 Å². The fraction of sp³-hybridized carbons (Fsp3) is 0.182. The average Bonchev–Trinajstić information content (AvgIpc) is 2.18. The van der Waals surface area contributed by atoms with E-state index in [1.54, 1.807) is 12.1 Å². The molecule has 1 atom stereocenters. The van der Waals surface area contributed by atoms with Crippen LogP contribution in [0.3, 0.4) is 0 Å². The van der Waals surface area contributed by atoms with E-state index in [2.05, 4.69) is 9.85 Å². The Morgan fingerprint density at radius 2 is 2.07 bits per heavy atom. The first-order chi connectivity index (χ1) is 7.22. The molecule has 0 aliphatic rings. The summed E-state index contributed by atoms with van der Waals surface area (Å²) in [6, 6.07) is 9.07. The topological polar surface area (TPSA) is 35.5 Å². The number of carbonyl (C=O) groups is 1. The molecule has 0 saturated carbocycles. The van der Waals surface area contributed by atoms with Crippen molar-refractivity contribution >= 4 is 28.6 Å². The van der Waals surface area contributed by atoms with Gasteiger partial charge < -0.3 is 9.47 Å². The van der Waals surface area contributed by atoms with E-state index in [1.165, 1.54) is 6.92 Å². The molecule has 0 radical (unpaired) electrons. The van der Waals surface area contributed by atoms with E-state index >= 15 is 0 Å². The zero-order chi connectivity index (χ0) is 11.1. The summed E-state index contributed by atoms with van der Waals surface area (Å²) < 4.78 is 12.8. The van der Waals surface area contributed by atoms with Crippen molar-refractivity contribution in [3.63, 3.8) is 0 Å². The van der Waals surface area contributed by atoms with Gasteiger partial charge in [0.1, 0.15) is 5.75 Å². The third-order valence-electron chi connectivity index (χ3n) is 1.43. The van der Waals surface area contributed by atoms with Crippen molar-refractivity contribution in [1.29, 1.82) is 0 Å². The second-order valence-electron chi connectivity index (χ2n) is 2.61. The van der Waals surface area contributed by atoms with E-state index in [4.69, 9.17) is 9.47 Å². The van der Waals surface area contributed by atoms with Gasteiger partial charge >= 0.3 is 12.3 Å². The van der Waals surface area contributed by atoms with Gasteiger partial charge in [-0.3, -0.25) is 4.79 Å². The fourth-order valence-corrected chi connectivity index (χ4v) is 1.16. The lowest BCUT2D eigenvalue weighted by Crippen LogP contribution is -2.21. The van der Waals surface area contributed by atoms with Crippen molar-refractivity contribution in [1.82, 2.24) is 0 Å². The normalized spacial score (nSPS) is 10.8. The van der Waals surface area contributed by atoms with Crippen LogP contribution in [0.2, 0.25) is 0 Å². The number of rotatable bonds is 3. The summed E-state index contributed by atoms with van der Waals surface area (Å²) in [6.07, 6.45) is -0.846. The van der Waals surface area contributed by atoms with Gasteiger partial charge in [0.2, 0.25) is 0 Å². The van der Waals surface area contributed by atoms with Crippen LogP contribution in [-0.4, -0.2) is 12.3 Å². The second-order valence-corrected chi connectivity index (χ2v) is 3.15. The first kappa shape index (κ1) is 11.9. The van der Waals surface area contributed by atoms with Crippen LogP contribution < -0.4 is 4.74 Å². The van der Waals surface area contributed by atoms with Crippen LogP contribution in [-0.2, 0) is 9.53 Å². The van der Waals surface area contributed by atoms with Crippen LogP contribution in [0, 0.1) is 9.85 Å². The van der Waals surface area contributed by atoms with Crippen LogP contribution in [0.15, 0.2) is 30.3 Å². The third kappa shape index (κ3) is 4.70. The maximum absolute atomic E-state index is 10.7. The molecule has 78 valence electrons. The summed E-state index contributed by atoms with van der Waals surface area (Å²) in [4.78, 5) is 10.7. The minimum absolute atomic E-state index is 0.421. The molecule has 0 aromatic heterocycles.